The van der Waals surface area contributed by atoms with Crippen LogP contribution in [0.4, 0.5) is 0 Å². The number of hydrogen-bond acceptors (Lipinski definition) is 0. The van der Waals surface area contributed by atoms with E-state index in [2.05, 4.69) is 40.9 Å². The Kier molecular flexibility index (Phi) is 7.81. The first-order chi connectivity index (χ1) is 5.83. The lowest BCUT2D eigenvalue weighted by Gasteiger charge is -2.24. The number of rotatable bonds is 6. The van der Waals surface area contributed by atoms with Crippen LogP contribution in [0, 0.1) is 5.41 Å². The maximum Gasteiger partial charge on any atom is -0.0321 e. The Hall–Kier alpha value is -0.520. The highest BCUT2D eigenvalue weighted by Gasteiger charge is 2.16. The third-order valence-corrected chi connectivity index (χ3v) is 2.46. The predicted octanol–water partition coefficient (Wildman–Crippen LogP) is 5.36. The Bertz CT molecular complexity index is 164. The molecule has 0 spiro atoms. The molecule has 0 atom stereocenters. The Morgan fingerprint density at radius 1 is 0.929 bits per heavy atom. The van der Waals surface area contributed by atoms with Crippen LogP contribution < -0.4 is 0 Å². The van der Waals surface area contributed by atoms with Gasteiger partial charge in [-0.3, -0.25) is 0 Å². The first kappa shape index (κ1) is 15.9. The van der Waals surface area contributed by atoms with Gasteiger partial charge in [0, 0.05) is 0 Å². The van der Waals surface area contributed by atoms with Crippen molar-refractivity contribution in [2.24, 2.45) is 5.41 Å². The molecule has 0 aromatic carbocycles. The Balaban J connectivity index is 0. The van der Waals surface area contributed by atoms with Crippen LogP contribution in [0.25, 0.3) is 0 Å². The molecule has 0 radical (unpaired) electrons. The molecule has 0 saturated carbocycles. The van der Waals surface area contributed by atoms with Crippen molar-refractivity contribution in [2.75, 3.05) is 0 Å². The van der Waals surface area contributed by atoms with Crippen LogP contribution in [-0.4, -0.2) is 0 Å². The van der Waals surface area contributed by atoms with E-state index in [-0.39, 0.29) is 7.43 Å². The molecule has 0 unspecified atom stereocenters. The fourth-order valence-electron chi connectivity index (χ4n) is 1.23. The smallest absolute Gasteiger partial charge is 0.0321 e. The molecular weight excluding hydrogens is 168 g/mol. The minimum atomic E-state index is 0. The van der Waals surface area contributed by atoms with Gasteiger partial charge in [0.15, 0.2) is 0 Å². The van der Waals surface area contributed by atoms with Crippen LogP contribution in [0.5, 0.6) is 0 Å². The highest BCUT2D eigenvalue weighted by Crippen LogP contribution is 2.30. The minimum absolute atomic E-state index is 0. The lowest BCUT2D eigenvalue weighted by Crippen LogP contribution is -2.11. The average molecular weight is 196 g/mol. The number of allylic oxidation sites excluding steroid dienone is 2. The van der Waals surface area contributed by atoms with Crippen LogP contribution in [0.2, 0.25) is 0 Å². The van der Waals surface area contributed by atoms with Gasteiger partial charge >= 0.3 is 0 Å². The van der Waals surface area contributed by atoms with E-state index in [1.165, 1.54) is 24.0 Å². The molecule has 0 aromatic heterocycles. The van der Waals surface area contributed by atoms with Gasteiger partial charge in [0.05, 0.1) is 0 Å². The second kappa shape index (κ2) is 6.86. The average Bonchev–Trinajstić information content (AvgIpc) is 1.98. The maximum absolute atomic E-state index is 3.94. The van der Waals surface area contributed by atoms with Crippen molar-refractivity contribution < 1.29 is 0 Å². The second-order valence-corrected chi connectivity index (χ2v) is 5.08. The van der Waals surface area contributed by atoms with E-state index in [1.807, 2.05) is 0 Å². The quantitative estimate of drug-likeness (QED) is 0.502. The molecule has 0 bridgehead atoms. The largest absolute Gasteiger partial charge is 0.100 e. The van der Waals surface area contributed by atoms with Gasteiger partial charge in [0.25, 0.3) is 0 Å². The topological polar surface area (TPSA) is 0 Å². The summed E-state index contributed by atoms with van der Waals surface area (Å²) < 4.78 is 0. The summed E-state index contributed by atoms with van der Waals surface area (Å²) in [5, 5.41) is 0. The molecule has 14 heavy (non-hydrogen) atoms. The van der Waals surface area contributed by atoms with Crippen molar-refractivity contribution in [3.05, 3.63) is 24.3 Å². The molecule has 0 nitrogen and oxygen atoms in total. The van der Waals surface area contributed by atoms with Gasteiger partial charge in [-0.15, -0.1) is 13.2 Å². The first-order valence-corrected chi connectivity index (χ1v) is 5.12. The fraction of sp³-hybridized carbons (Fsp3) is 0.714. The molecule has 0 heterocycles. The summed E-state index contributed by atoms with van der Waals surface area (Å²) in [6.45, 7) is 16.7. The second-order valence-electron chi connectivity index (χ2n) is 5.08. The molecular formula is C14H28. The van der Waals surface area contributed by atoms with E-state index in [0.717, 1.165) is 12.8 Å². The minimum Gasteiger partial charge on any atom is -0.100 e. The van der Waals surface area contributed by atoms with Gasteiger partial charge in [-0.2, -0.15) is 0 Å². The van der Waals surface area contributed by atoms with Gasteiger partial charge in [-0.25, -0.2) is 0 Å². The van der Waals surface area contributed by atoms with Crippen LogP contribution >= 0.6 is 0 Å². The van der Waals surface area contributed by atoms with E-state index in [9.17, 15) is 0 Å². The van der Waals surface area contributed by atoms with Crippen LogP contribution in [0.1, 0.15) is 60.8 Å². The summed E-state index contributed by atoms with van der Waals surface area (Å²) in [6.07, 6.45) is 4.80. The van der Waals surface area contributed by atoms with Gasteiger partial charge in [-0.1, -0.05) is 32.4 Å². The third-order valence-electron chi connectivity index (χ3n) is 2.46. The van der Waals surface area contributed by atoms with Crippen LogP contribution in [0.15, 0.2) is 24.3 Å². The van der Waals surface area contributed by atoms with Gasteiger partial charge in [0.2, 0.25) is 0 Å². The zero-order chi connectivity index (χ0) is 10.5. The molecule has 0 aliphatic carbocycles. The van der Waals surface area contributed by atoms with Gasteiger partial charge in [0.1, 0.15) is 0 Å². The standard InChI is InChI=1S/C13H24.CH4/c1-11(2)7-9-13(5,6)10-8-12(3)4;/h1,3,7-10H2,2,4-6H3;1H4. The van der Waals surface area contributed by atoms with Crippen molar-refractivity contribution in [1.82, 2.24) is 0 Å². The SMILES string of the molecule is C.C=C(C)CCC(C)(C)CCC(=C)C. The van der Waals surface area contributed by atoms with Crippen molar-refractivity contribution in [2.45, 2.75) is 60.8 Å². The van der Waals surface area contributed by atoms with Gasteiger partial charge < -0.3 is 0 Å². The van der Waals surface area contributed by atoms with E-state index in [1.54, 1.807) is 0 Å². The zero-order valence-electron chi connectivity index (χ0n) is 9.74. The van der Waals surface area contributed by atoms with Crippen molar-refractivity contribution >= 4 is 0 Å². The molecule has 0 rings (SSSR count). The molecule has 0 amide bonds. The maximum atomic E-state index is 3.94. The number of hydrogen-bond donors (Lipinski definition) is 0. The van der Waals surface area contributed by atoms with E-state index < -0.39 is 0 Å². The van der Waals surface area contributed by atoms with Crippen molar-refractivity contribution in [1.29, 1.82) is 0 Å². The van der Waals surface area contributed by atoms with E-state index in [0.29, 0.717) is 5.41 Å². The Morgan fingerprint density at radius 3 is 1.43 bits per heavy atom. The molecule has 84 valence electrons. The molecule has 0 fully saturated rings. The Morgan fingerprint density at radius 2 is 1.21 bits per heavy atom. The summed E-state index contributed by atoms with van der Waals surface area (Å²) in [5.41, 5.74) is 3.03. The Labute approximate surface area is 91.1 Å². The highest BCUT2D eigenvalue weighted by atomic mass is 14.2. The highest BCUT2D eigenvalue weighted by molar-refractivity contribution is 4.92. The summed E-state index contributed by atoms with van der Waals surface area (Å²) in [5.74, 6) is 0. The molecule has 0 N–H and O–H groups in total. The van der Waals surface area contributed by atoms with E-state index >= 15 is 0 Å². The summed E-state index contributed by atoms with van der Waals surface area (Å²) in [4.78, 5) is 0. The fourth-order valence-corrected chi connectivity index (χ4v) is 1.23. The van der Waals surface area contributed by atoms with Crippen molar-refractivity contribution in [3.8, 4) is 0 Å². The zero-order valence-corrected chi connectivity index (χ0v) is 9.74. The molecule has 0 aromatic rings. The molecule has 0 aliphatic heterocycles. The van der Waals surface area contributed by atoms with E-state index in [4.69, 9.17) is 0 Å². The summed E-state index contributed by atoms with van der Waals surface area (Å²) in [7, 11) is 0. The monoisotopic (exact) mass is 196 g/mol. The lowest BCUT2D eigenvalue weighted by atomic mass is 9.81. The third kappa shape index (κ3) is 9.57. The first-order valence-electron chi connectivity index (χ1n) is 5.12. The van der Waals surface area contributed by atoms with Gasteiger partial charge in [-0.05, 0) is 44.9 Å². The van der Waals surface area contributed by atoms with Crippen LogP contribution in [0.3, 0.4) is 0 Å². The summed E-state index contributed by atoms with van der Waals surface area (Å²) in [6, 6.07) is 0. The lowest BCUT2D eigenvalue weighted by molar-refractivity contribution is 0.308. The normalized spacial score (nSPS) is 10.6. The summed E-state index contributed by atoms with van der Waals surface area (Å²) >= 11 is 0. The van der Waals surface area contributed by atoms with Crippen LogP contribution in [-0.2, 0) is 0 Å². The molecule has 0 aliphatic rings. The van der Waals surface area contributed by atoms with Crippen molar-refractivity contribution in [3.63, 3.8) is 0 Å². The molecule has 0 heteroatoms. The molecule has 0 saturated heterocycles. The predicted molar refractivity (Wildman–Crippen MR) is 68.6 cm³/mol.